The Balaban J connectivity index is 2.86. The van der Waals surface area contributed by atoms with Crippen LogP contribution >= 0.6 is 0 Å². The van der Waals surface area contributed by atoms with E-state index >= 15 is 0 Å². The Labute approximate surface area is 113 Å². The highest BCUT2D eigenvalue weighted by molar-refractivity contribution is 5.26. The average molecular weight is 273 g/mol. The van der Waals surface area contributed by atoms with Gasteiger partial charge in [0.25, 0.3) is 0 Å². The molecule has 0 aromatic heterocycles. The lowest BCUT2D eigenvalue weighted by Gasteiger charge is -2.29. The standard InChI is InChI=1S/C15H22F3N/c1-4-14(3,11-19-5-2)10-12-7-6-8-13(9-12)15(16,17)18/h6-9,19H,4-5,10-11H2,1-3H3. The molecule has 1 nitrogen and oxygen atoms in total. The Morgan fingerprint density at radius 3 is 2.37 bits per heavy atom. The molecule has 19 heavy (non-hydrogen) atoms. The summed E-state index contributed by atoms with van der Waals surface area (Å²) < 4.78 is 38.0. The molecular weight excluding hydrogens is 251 g/mol. The van der Waals surface area contributed by atoms with Gasteiger partial charge < -0.3 is 5.32 Å². The maximum Gasteiger partial charge on any atom is 0.416 e. The number of nitrogens with one attached hydrogen (secondary N) is 1. The smallest absolute Gasteiger partial charge is 0.316 e. The van der Waals surface area contributed by atoms with Gasteiger partial charge in [-0.05, 0) is 36.4 Å². The third-order valence-corrected chi connectivity index (χ3v) is 3.54. The highest BCUT2D eigenvalue weighted by Gasteiger charge is 2.31. The fourth-order valence-corrected chi connectivity index (χ4v) is 2.09. The van der Waals surface area contributed by atoms with E-state index in [9.17, 15) is 13.2 Å². The predicted molar refractivity (Wildman–Crippen MR) is 72.1 cm³/mol. The van der Waals surface area contributed by atoms with Crippen LogP contribution in [0.25, 0.3) is 0 Å². The molecule has 1 rings (SSSR count). The monoisotopic (exact) mass is 273 g/mol. The van der Waals surface area contributed by atoms with Crippen molar-refractivity contribution in [1.29, 1.82) is 0 Å². The second-order valence-electron chi connectivity index (χ2n) is 5.32. The number of hydrogen-bond acceptors (Lipinski definition) is 1. The summed E-state index contributed by atoms with van der Waals surface area (Å²) in [6, 6.07) is 5.65. The highest BCUT2D eigenvalue weighted by Crippen LogP contribution is 2.32. The van der Waals surface area contributed by atoms with E-state index in [2.05, 4.69) is 19.2 Å². The Morgan fingerprint density at radius 2 is 1.84 bits per heavy atom. The van der Waals surface area contributed by atoms with Crippen molar-refractivity contribution in [3.8, 4) is 0 Å². The Kier molecular flexibility index (Phi) is 5.41. The molecule has 0 heterocycles. The van der Waals surface area contributed by atoms with Crippen LogP contribution in [-0.4, -0.2) is 13.1 Å². The largest absolute Gasteiger partial charge is 0.416 e. The Hall–Kier alpha value is -1.03. The molecule has 0 fully saturated rings. The summed E-state index contributed by atoms with van der Waals surface area (Å²) in [6.07, 6.45) is -2.68. The summed E-state index contributed by atoms with van der Waals surface area (Å²) in [4.78, 5) is 0. The third kappa shape index (κ3) is 4.86. The summed E-state index contributed by atoms with van der Waals surface area (Å²) in [5.41, 5.74) is 0.171. The van der Waals surface area contributed by atoms with E-state index in [4.69, 9.17) is 0 Å². The fraction of sp³-hybridized carbons (Fsp3) is 0.600. The van der Waals surface area contributed by atoms with E-state index in [1.54, 1.807) is 6.07 Å². The minimum absolute atomic E-state index is 0.0137. The van der Waals surface area contributed by atoms with Gasteiger partial charge in [-0.15, -0.1) is 0 Å². The normalized spacial score (nSPS) is 15.3. The fourth-order valence-electron chi connectivity index (χ4n) is 2.09. The third-order valence-electron chi connectivity index (χ3n) is 3.54. The number of alkyl halides is 3. The van der Waals surface area contributed by atoms with Gasteiger partial charge in [-0.2, -0.15) is 13.2 Å². The second-order valence-corrected chi connectivity index (χ2v) is 5.32. The van der Waals surface area contributed by atoms with E-state index in [1.807, 2.05) is 6.92 Å². The van der Waals surface area contributed by atoms with Crippen molar-refractivity contribution in [1.82, 2.24) is 5.32 Å². The summed E-state index contributed by atoms with van der Waals surface area (Å²) in [5.74, 6) is 0. The van der Waals surface area contributed by atoms with E-state index in [1.165, 1.54) is 12.1 Å². The van der Waals surface area contributed by atoms with E-state index in [0.717, 1.165) is 31.1 Å². The highest BCUT2D eigenvalue weighted by atomic mass is 19.4. The van der Waals surface area contributed by atoms with Crippen LogP contribution in [0.15, 0.2) is 24.3 Å². The second kappa shape index (κ2) is 6.42. The van der Waals surface area contributed by atoms with Crippen molar-refractivity contribution in [2.24, 2.45) is 5.41 Å². The van der Waals surface area contributed by atoms with Crippen LogP contribution < -0.4 is 5.32 Å². The summed E-state index contributed by atoms with van der Waals surface area (Å²) >= 11 is 0. The molecule has 4 heteroatoms. The molecule has 0 aliphatic heterocycles. The van der Waals surface area contributed by atoms with Gasteiger partial charge in [0.05, 0.1) is 5.56 Å². The van der Waals surface area contributed by atoms with Gasteiger partial charge in [-0.3, -0.25) is 0 Å². The van der Waals surface area contributed by atoms with E-state index in [0.29, 0.717) is 6.42 Å². The van der Waals surface area contributed by atoms with Crippen molar-refractivity contribution < 1.29 is 13.2 Å². The van der Waals surface area contributed by atoms with Gasteiger partial charge in [0, 0.05) is 6.54 Å². The van der Waals surface area contributed by atoms with Crippen LogP contribution in [0.1, 0.15) is 38.3 Å². The van der Waals surface area contributed by atoms with Gasteiger partial charge in [-0.25, -0.2) is 0 Å². The van der Waals surface area contributed by atoms with Gasteiger partial charge >= 0.3 is 6.18 Å². The predicted octanol–water partition coefficient (Wildman–Crippen LogP) is 4.27. The lowest BCUT2D eigenvalue weighted by Crippen LogP contribution is -2.33. The molecule has 0 bridgehead atoms. The van der Waals surface area contributed by atoms with Gasteiger partial charge in [0.1, 0.15) is 0 Å². The van der Waals surface area contributed by atoms with Crippen LogP contribution in [0.2, 0.25) is 0 Å². The molecule has 0 saturated carbocycles. The van der Waals surface area contributed by atoms with Crippen LogP contribution in [0.4, 0.5) is 13.2 Å². The summed E-state index contributed by atoms with van der Waals surface area (Å²) in [7, 11) is 0. The first-order chi connectivity index (χ1) is 8.80. The molecule has 1 N–H and O–H groups in total. The van der Waals surface area contributed by atoms with E-state index < -0.39 is 11.7 Å². The number of hydrogen-bond donors (Lipinski definition) is 1. The zero-order chi connectivity index (χ0) is 14.5. The van der Waals surface area contributed by atoms with Crippen LogP contribution in [0.5, 0.6) is 0 Å². The first-order valence-electron chi connectivity index (χ1n) is 6.67. The SMILES string of the molecule is CCNCC(C)(CC)Cc1cccc(C(F)(F)F)c1. The van der Waals surface area contributed by atoms with Gasteiger partial charge in [-0.1, -0.05) is 39.0 Å². The molecule has 0 saturated heterocycles. The van der Waals surface area contributed by atoms with E-state index in [-0.39, 0.29) is 5.41 Å². The molecule has 1 atom stereocenters. The number of halogens is 3. The van der Waals surface area contributed by atoms with Crippen molar-refractivity contribution in [3.63, 3.8) is 0 Å². The quantitative estimate of drug-likeness (QED) is 0.816. The van der Waals surface area contributed by atoms with Crippen LogP contribution in [0.3, 0.4) is 0 Å². The molecule has 108 valence electrons. The zero-order valence-corrected chi connectivity index (χ0v) is 11.8. The first-order valence-corrected chi connectivity index (χ1v) is 6.67. The van der Waals surface area contributed by atoms with Crippen LogP contribution in [-0.2, 0) is 12.6 Å². The molecule has 0 aliphatic carbocycles. The lowest BCUT2D eigenvalue weighted by molar-refractivity contribution is -0.137. The minimum atomic E-state index is -4.26. The Morgan fingerprint density at radius 1 is 1.16 bits per heavy atom. The number of benzene rings is 1. The topological polar surface area (TPSA) is 12.0 Å². The number of rotatable bonds is 6. The van der Waals surface area contributed by atoms with Crippen molar-refractivity contribution in [2.45, 2.75) is 39.8 Å². The lowest BCUT2D eigenvalue weighted by atomic mass is 9.81. The summed E-state index contributed by atoms with van der Waals surface area (Å²) in [5, 5.41) is 3.28. The van der Waals surface area contributed by atoms with Crippen molar-refractivity contribution >= 4 is 0 Å². The molecule has 0 aliphatic rings. The summed E-state index contributed by atoms with van der Waals surface area (Å²) in [6.45, 7) is 7.90. The maximum absolute atomic E-state index is 12.7. The zero-order valence-electron chi connectivity index (χ0n) is 11.8. The maximum atomic E-state index is 12.7. The Bertz CT molecular complexity index is 401. The van der Waals surface area contributed by atoms with Gasteiger partial charge in [0.15, 0.2) is 0 Å². The molecule has 0 amide bonds. The molecule has 0 spiro atoms. The molecule has 1 aromatic carbocycles. The average Bonchev–Trinajstić information content (AvgIpc) is 2.36. The molecule has 1 aromatic rings. The molecular formula is C15H22F3N. The van der Waals surface area contributed by atoms with Crippen LogP contribution in [0, 0.1) is 5.41 Å². The van der Waals surface area contributed by atoms with Crippen molar-refractivity contribution in [2.75, 3.05) is 13.1 Å². The first kappa shape index (κ1) is 16.0. The minimum Gasteiger partial charge on any atom is -0.316 e. The van der Waals surface area contributed by atoms with Crippen molar-refractivity contribution in [3.05, 3.63) is 35.4 Å². The van der Waals surface area contributed by atoms with Gasteiger partial charge in [0.2, 0.25) is 0 Å². The molecule has 1 unspecified atom stereocenters. The molecule has 0 radical (unpaired) electrons.